The maximum atomic E-state index is 14.0. The van der Waals surface area contributed by atoms with E-state index in [4.69, 9.17) is 9.47 Å². The monoisotopic (exact) mass is 352 g/mol. The van der Waals surface area contributed by atoms with Gasteiger partial charge >= 0.3 is 0 Å². The van der Waals surface area contributed by atoms with Gasteiger partial charge < -0.3 is 14.6 Å². The van der Waals surface area contributed by atoms with E-state index in [2.05, 4.69) is 15.9 Å². The van der Waals surface area contributed by atoms with Crippen LogP contribution in [-0.4, -0.2) is 18.3 Å². The highest BCUT2D eigenvalue weighted by molar-refractivity contribution is 9.10. The van der Waals surface area contributed by atoms with Gasteiger partial charge in [-0.05, 0) is 30.7 Å². The molecule has 5 heteroatoms. The standard InChI is InChI=1S/C16H14BrFO3/c1-9-2-3-10(13(18)6-9)16(19)11-7-14-15(8-12(11)17)21-5-4-20-14/h2-3,6-8,16,19H,4-5H2,1H3. The first kappa shape index (κ1) is 14.4. The van der Waals surface area contributed by atoms with Gasteiger partial charge in [0.1, 0.15) is 25.1 Å². The summed E-state index contributed by atoms with van der Waals surface area (Å²) < 4.78 is 25.7. The smallest absolute Gasteiger partial charge is 0.162 e. The quantitative estimate of drug-likeness (QED) is 0.894. The molecule has 0 bridgehead atoms. The summed E-state index contributed by atoms with van der Waals surface area (Å²) in [7, 11) is 0. The van der Waals surface area contributed by atoms with Crippen LogP contribution in [0.1, 0.15) is 22.8 Å². The van der Waals surface area contributed by atoms with E-state index in [1.165, 1.54) is 6.07 Å². The van der Waals surface area contributed by atoms with Crippen LogP contribution in [-0.2, 0) is 0 Å². The third-order valence-corrected chi connectivity index (χ3v) is 4.09. The van der Waals surface area contributed by atoms with Crippen LogP contribution < -0.4 is 9.47 Å². The van der Waals surface area contributed by atoms with Crippen molar-refractivity contribution in [2.75, 3.05) is 13.2 Å². The zero-order valence-electron chi connectivity index (χ0n) is 11.4. The summed E-state index contributed by atoms with van der Waals surface area (Å²) in [6.45, 7) is 2.76. The van der Waals surface area contributed by atoms with Crippen molar-refractivity contribution in [2.45, 2.75) is 13.0 Å². The first-order valence-electron chi connectivity index (χ1n) is 6.59. The number of benzene rings is 2. The van der Waals surface area contributed by atoms with Gasteiger partial charge in [0.25, 0.3) is 0 Å². The molecule has 3 nitrogen and oxygen atoms in total. The SMILES string of the molecule is Cc1ccc(C(O)c2cc3c(cc2Br)OCCO3)c(F)c1. The van der Waals surface area contributed by atoms with Crippen molar-refractivity contribution in [3.05, 3.63) is 57.3 Å². The highest BCUT2D eigenvalue weighted by atomic mass is 79.9. The molecule has 21 heavy (non-hydrogen) atoms. The van der Waals surface area contributed by atoms with Gasteiger partial charge in [-0.3, -0.25) is 0 Å². The second-order valence-corrected chi connectivity index (χ2v) is 5.80. The van der Waals surface area contributed by atoms with Crippen LogP contribution >= 0.6 is 15.9 Å². The molecule has 0 aromatic heterocycles. The molecule has 3 rings (SSSR count). The number of aliphatic hydroxyl groups excluding tert-OH is 1. The minimum absolute atomic E-state index is 0.234. The van der Waals surface area contributed by atoms with Crippen molar-refractivity contribution in [1.82, 2.24) is 0 Å². The predicted octanol–water partition coefficient (Wildman–Crippen LogP) is 3.75. The Kier molecular flexibility index (Phi) is 3.87. The number of hydrogen-bond donors (Lipinski definition) is 1. The summed E-state index contributed by atoms with van der Waals surface area (Å²) in [5.41, 5.74) is 1.59. The van der Waals surface area contributed by atoms with Gasteiger partial charge in [-0.1, -0.05) is 28.1 Å². The Morgan fingerprint density at radius 3 is 2.43 bits per heavy atom. The normalized spacial score (nSPS) is 14.9. The Bertz CT molecular complexity index is 687. The maximum Gasteiger partial charge on any atom is 0.162 e. The summed E-state index contributed by atoms with van der Waals surface area (Å²) in [6.07, 6.45) is -1.07. The summed E-state index contributed by atoms with van der Waals surface area (Å²) in [5.74, 6) is 0.753. The van der Waals surface area contributed by atoms with Crippen LogP contribution in [0.2, 0.25) is 0 Å². The lowest BCUT2D eigenvalue weighted by atomic mass is 9.99. The Morgan fingerprint density at radius 2 is 1.76 bits per heavy atom. The maximum absolute atomic E-state index is 14.0. The first-order valence-corrected chi connectivity index (χ1v) is 7.38. The Balaban J connectivity index is 2.03. The number of aryl methyl sites for hydroxylation is 1. The highest BCUT2D eigenvalue weighted by Crippen LogP contribution is 2.39. The zero-order valence-corrected chi connectivity index (χ0v) is 13.0. The predicted molar refractivity (Wildman–Crippen MR) is 80.3 cm³/mol. The van der Waals surface area contributed by atoms with Crippen LogP contribution in [0.4, 0.5) is 4.39 Å². The fraction of sp³-hybridized carbons (Fsp3) is 0.250. The molecule has 1 atom stereocenters. The van der Waals surface area contributed by atoms with E-state index < -0.39 is 11.9 Å². The van der Waals surface area contributed by atoms with Crippen molar-refractivity contribution in [3.63, 3.8) is 0 Å². The number of ether oxygens (including phenoxy) is 2. The molecule has 0 fully saturated rings. The van der Waals surface area contributed by atoms with Crippen LogP contribution in [0.5, 0.6) is 11.5 Å². The van der Waals surface area contributed by atoms with Crippen LogP contribution in [0.3, 0.4) is 0 Å². The number of fused-ring (bicyclic) bond motifs is 1. The molecular weight excluding hydrogens is 339 g/mol. The Hall–Kier alpha value is -1.59. The van der Waals surface area contributed by atoms with Crippen molar-refractivity contribution in [2.24, 2.45) is 0 Å². The van der Waals surface area contributed by atoms with Crippen LogP contribution in [0.15, 0.2) is 34.8 Å². The molecule has 0 spiro atoms. The van der Waals surface area contributed by atoms with Gasteiger partial charge in [-0.25, -0.2) is 4.39 Å². The van der Waals surface area contributed by atoms with Crippen molar-refractivity contribution in [3.8, 4) is 11.5 Å². The fourth-order valence-corrected chi connectivity index (χ4v) is 2.85. The largest absolute Gasteiger partial charge is 0.486 e. The first-order chi connectivity index (χ1) is 10.1. The molecule has 0 radical (unpaired) electrons. The number of aliphatic hydroxyl groups is 1. The molecule has 2 aromatic rings. The molecule has 0 saturated heterocycles. The van der Waals surface area contributed by atoms with Gasteiger partial charge in [0.2, 0.25) is 0 Å². The molecule has 0 amide bonds. The summed E-state index contributed by atoms with van der Waals surface area (Å²) in [6, 6.07) is 8.19. The van der Waals surface area contributed by atoms with E-state index in [1.54, 1.807) is 31.2 Å². The lowest BCUT2D eigenvalue weighted by Crippen LogP contribution is -2.16. The number of halogens is 2. The van der Waals surface area contributed by atoms with Gasteiger partial charge in [-0.2, -0.15) is 0 Å². The van der Waals surface area contributed by atoms with E-state index in [9.17, 15) is 9.50 Å². The molecule has 0 aliphatic carbocycles. The molecule has 1 unspecified atom stereocenters. The van der Waals surface area contributed by atoms with Crippen molar-refractivity contribution >= 4 is 15.9 Å². The van der Waals surface area contributed by atoms with Gasteiger partial charge in [-0.15, -0.1) is 0 Å². The van der Waals surface area contributed by atoms with E-state index >= 15 is 0 Å². The molecule has 2 aromatic carbocycles. The fourth-order valence-electron chi connectivity index (χ4n) is 2.31. The average molecular weight is 353 g/mol. The molecular formula is C16H14BrFO3. The Morgan fingerprint density at radius 1 is 1.10 bits per heavy atom. The van der Waals surface area contributed by atoms with Crippen molar-refractivity contribution < 1.29 is 19.0 Å². The molecule has 1 aliphatic rings. The minimum atomic E-state index is -1.07. The lowest BCUT2D eigenvalue weighted by Gasteiger charge is -2.22. The van der Waals surface area contributed by atoms with Gasteiger partial charge in [0.05, 0.1) is 0 Å². The summed E-state index contributed by atoms with van der Waals surface area (Å²) in [4.78, 5) is 0. The van der Waals surface area contributed by atoms with Crippen LogP contribution in [0, 0.1) is 12.7 Å². The second-order valence-electron chi connectivity index (χ2n) is 4.94. The number of rotatable bonds is 2. The molecule has 1 aliphatic heterocycles. The van der Waals surface area contributed by atoms with E-state index in [-0.39, 0.29) is 5.56 Å². The van der Waals surface area contributed by atoms with Gasteiger partial charge in [0, 0.05) is 15.6 Å². The molecule has 1 heterocycles. The number of hydrogen-bond acceptors (Lipinski definition) is 3. The summed E-state index contributed by atoms with van der Waals surface area (Å²) >= 11 is 3.39. The van der Waals surface area contributed by atoms with E-state index in [0.29, 0.717) is 34.7 Å². The third-order valence-electron chi connectivity index (χ3n) is 3.41. The summed E-state index contributed by atoms with van der Waals surface area (Å²) in [5, 5.41) is 10.5. The third kappa shape index (κ3) is 2.76. The topological polar surface area (TPSA) is 38.7 Å². The highest BCUT2D eigenvalue weighted by Gasteiger charge is 2.22. The molecule has 0 saturated carbocycles. The van der Waals surface area contributed by atoms with E-state index in [0.717, 1.165) is 5.56 Å². The van der Waals surface area contributed by atoms with Crippen molar-refractivity contribution in [1.29, 1.82) is 0 Å². The van der Waals surface area contributed by atoms with E-state index in [1.807, 2.05) is 0 Å². The zero-order chi connectivity index (χ0) is 15.0. The lowest BCUT2D eigenvalue weighted by molar-refractivity contribution is 0.169. The molecule has 110 valence electrons. The molecule has 1 N–H and O–H groups in total. The van der Waals surface area contributed by atoms with Gasteiger partial charge in [0.15, 0.2) is 11.5 Å². The second kappa shape index (κ2) is 5.66. The Labute approximate surface area is 130 Å². The minimum Gasteiger partial charge on any atom is -0.486 e. The average Bonchev–Trinajstić information content (AvgIpc) is 2.46. The van der Waals surface area contributed by atoms with Crippen LogP contribution in [0.25, 0.3) is 0 Å².